The van der Waals surface area contributed by atoms with Crippen LogP contribution in [0.3, 0.4) is 0 Å². The molecule has 0 aromatic heterocycles. The normalized spacial score (nSPS) is 14.8. The quantitative estimate of drug-likeness (QED) is 0.833. The van der Waals surface area contributed by atoms with Crippen molar-refractivity contribution in [2.45, 2.75) is 6.42 Å². The fourth-order valence-electron chi connectivity index (χ4n) is 1.49. The Kier molecular flexibility index (Phi) is 3.44. The van der Waals surface area contributed by atoms with Gasteiger partial charge in [0, 0.05) is 19.2 Å². The van der Waals surface area contributed by atoms with Gasteiger partial charge in [0.25, 0.3) is 0 Å². The summed E-state index contributed by atoms with van der Waals surface area (Å²) in [5.74, 6) is 1.72. The zero-order chi connectivity index (χ0) is 11.2. The lowest BCUT2D eigenvalue weighted by Crippen LogP contribution is -2.03. The second kappa shape index (κ2) is 5.21. The molecular formula is C14H15NO. The monoisotopic (exact) mass is 213 g/mol. The van der Waals surface area contributed by atoms with Crippen molar-refractivity contribution in [1.82, 2.24) is 5.32 Å². The molecule has 0 saturated carbocycles. The zero-order valence-electron chi connectivity index (χ0n) is 9.31. The summed E-state index contributed by atoms with van der Waals surface area (Å²) in [4.78, 5) is 0. The van der Waals surface area contributed by atoms with E-state index in [2.05, 4.69) is 11.4 Å². The molecule has 0 spiro atoms. The molecule has 1 aliphatic rings. The van der Waals surface area contributed by atoms with E-state index in [4.69, 9.17) is 4.74 Å². The Bertz CT molecular complexity index is 429. The Balaban J connectivity index is 2.11. The van der Waals surface area contributed by atoms with Crippen LogP contribution in [-0.2, 0) is 0 Å². The molecule has 1 aromatic carbocycles. The Morgan fingerprint density at radius 3 is 2.69 bits per heavy atom. The predicted molar refractivity (Wildman–Crippen MR) is 66.1 cm³/mol. The van der Waals surface area contributed by atoms with E-state index in [1.54, 1.807) is 0 Å². The molecule has 1 aliphatic carbocycles. The Morgan fingerprint density at radius 1 is 1.12 bits per heavy atom. The molecule has 0 heterocycles. The molecule has 0 amide bonds. The van der Waals surface area contributed by atoms with E-state index in [9.17, 15) is 0 Å². The van der Waals surface area contributed by atoms with Gasteiger partial charge in [-0.15, -0.1) is 0 Å². The number of hydrogen-bond donors (Lipinski definition) is 1. The van der Waals surface area contributed by atoms with Gasteiger partial charge in [-0.05, 0) is 30.4 Å². The molecule has 16 heavy (non-hydrogen) atoms. The molecule has 0 unspecified atom stereocenters. The fourth-order valence-corrected chi connectivity index (χ4v) is 1.49. The molecule has 2 heteroatoms. The summed E-state index contributed by atoms with van der Waals surface area (Å²) in [6, 6.07) is 9.80. The summed E-state index contributed by atoms with van der Waals surface area (Å²) < 4.78 is 5.73. The summed E-state index contributed by atoms with van der Waals surface area (Å²) in [6.07, 6.45) is 9.01. The van der Waals surface area contributed by atoms with Gasteiger partial charge in [0.15, 0.2) is 0 Å². The summed E-state index contributed by atoms with van der Waals surface area (Å²) in [7, 11) is 1.93. The van der Waals surface area contributed by atoms with E-state index in [0.29, 0.717) is 0 Å². The van der Waals surface area contributed by atoms with Gasteiger partial charge in [0.1, 0.15) is 11.5 Å². The average Bonchev–Trinajstić information content (AvgIpc) is 2.56. The van der Waals surface area contributed by atoms with Crippen LogP contribution in [0.15, 0.2) is 66.1 Å². The molecule has 0 bridgehead atoms. The van der Waals surface area contributed by atoms with Gasteiger partial charge >= 0.3 is 0 Å². The zero-order valence-corrected chi connectivity index (χ0v) is 9.31. The van der Waals surface area contributed by atoms with Crippen molar-refractivity contribution in [3.05, 3.63) is 66.1 Å². The van der Waals surface area contributed by atoms with Gasteiger partial charge in [0.05, 0.1) is 0 Å². The highest BCUT2D eigenvalue weighted by Gasteiger charge is 1.99. The number of benzene rings is 1. The van der Waals surface area contributed by atoms with Crippen molar-refractivity contribution < 1.29 is 4.74 Å². The van der Waals surface area contributed by atoms with Gasteiger partial charge in [-0.1, -0.05) is 24.3 Å². The van der Waals surface area contributed by atoms with Crippen LogP contribution in [0.1, 0.15) is 6.42 Å². The highest BCUT2D eigenvalue weighted by molar-refractivity contribution is 5.31. The van der Waals surface area contributed by atoms with E-state index in [1.807, 2.05) is 55.6 Å². The van der Waals surface area contributed by atoms with Crippen molar-refractivity contribution in [2.24, 2.45) is 0 Å². The third-order valence-corrected chi connectivity index (χ3v) is 2.37. The average molecular weight is 213 g/mol. The first-order valence-electron chi connectivity index (χ1n) is 5.36. The lowest BCUT2D eigenvalue weighted by molar-refractivity contribution is 0.444. The Labute approximate surface area is 95.9 Å². The number of nitrogens with one attached hydrogen (secondary N) is 1. The van der Waals surface area contributed by atoms with Crippen molar-refractivity contribution in [3.63, 3.8) is 0 Å². The number of rotatable bonds is 3. The predicted octanol–water partition coefficient (Wildman–Crippen LogP) is 3.01. The van der Waals surface area contributed by atoms with Crippen LogP contribution in [0, 0.1) is 0 Å². The highest BCUT2D eigenvalue weighted by Crippen LogP contribution is 2.16. The van der Waals surface area contributed by atoms with Crippen LogP contribution in [-0.4, -0.2) is 7.05 Å². The maximum absolute atomic E-state index is 5.73. The molecule has 0 radical (unpaired) electrons. The van der Waals surface area contributed by atoms with Crippen LogP contribution in [0.25, 0.3) is 0 Å². The molecule has 1 aromatic rings. The fraction of sp³-hybridized carbons (Fsp3) is 0.143. The summed E-state index contributed by atoms with van der Waals surface area (Å²) >= 11 is 0. The molecule has 0 saturated heterocycles. The van der Waals surface area contributed by atoms with Gasteiger partial charge in [-0.2, -0.15) is 0 Å². The number of para-hydroxylation sites is 1. The molecule has 2 rings (SSSR count). The van der Waals surface area contributed by atoms with Crippen LogP contribution in [0.2, 0.25) is 0 Å². The maximum atomic E-state index is 5.73. The summed E-state index contributed by atoms with van der Waals surface area (Å²) in [5.41, 5.74) is 1.18. The largest absolute Gasteiger partial charge is 0.457 e. The van der Waals surface area contributed by atoms with E-state index >= 15 is 0 Å². The molecule has 0 atom stereocenters. The highest BCUT2D eigenvalue weighted by atomic mass is 16.5. The Morgan fingerprint density at radius 2 is 1.94 bits per heavy atom. The minimum absolute atomic E-state index is 0.858. The summed E-state index contributed by atoms with van der Waals surface area (Å²) in [6.45, 7) is 0. The van der Waals surface area contributed by atoms with Crippen molar-refractivity contribution in [3.8, 4) is 5.75 Å². The molecule has 0 aliphatic heterocycles. The van der Waals surface area contributed by atoms with E-state index in [0.717, 1.165) is 17.9 Å². The number of hydrogen-bond acceptors (Lipinski definition) is 2. The van der Waals surface area contributed by atoms with E-state index in [1.165, 1.54) is 5.70 Å². The lowest BCUT2D eigenvalue weighted by atomic mass is 10.3. The van der Waals surface area contributed by atoms with Crippen LogP contribution in [0.4, 0.5) is 0 Å². The summed E-state index contributed by atoms with van der Waals surface area (Å²) in [5, 5.41) is 3.14. The van der Waals surface area contributed by atoms with Gasteiger partial charge < -0.3 is 10.1 Å². The molecule has 1 N–H and O–H groups in total. The van der Waals surface area contributed by atoms with Crippen molar-refractivity contribution in [2.75, 3.05) is 7.05 Å². The smallest absolute Gasteiger partial charge is 0.127 e. The van der Waals surface area contributed by atoms with Crippen molar-refractivity contribution >= 4 is 0 Å². The second-order valence-electron chi connectivity index (χ2n) is 3.53. The first-order chi connectivity index (χ1) is 7.88. The van der Waals surface area contributed by atoms with Crippen LogP contribution >= 0.6 is 0 Å². The van der Waals surface area contributed by atoms with Crippen LogP contribution in [0.5, 0.6) is 5.75 Å². The maximum Gasteiger partial charge on any atom is 0.127 e. The topological polar surface area (TPSA) is 21.3 Å². The molecule has 82 valence electrons. The molecule has 2 nitrogen and oxygen atoms in total. The van der Waals surface area contributed by atoms with Gasteiger partial charge in [-0.25, -0.2) is 0 Å². The molecule has 0 fully saturated rings. The number of ether oxygens (including phenoxy) is 1. The minimum Gasteiger partial charge on any atom is -0.457 e. The SMILES string of the molecule is CNC1=CC=C(Oc2ccccc2)C=CC1. The third-order valence-electron chi connectivity index (χ3n) is 2.37. The van der Waals surface area contributed by atoms with E-state index in [-0.39, 0.29) is 0 Å². The third kappa shape index (κ3) is 2.76. The minimum atomic E-state index is 0.858. The van der Waals surface area contributed by atoms with Crippen LogP contribution < -0.4 is 10.1 Å². The first kappa shape index (κ1) is 10.6. The number of allylic oxidation sites excluding steroid dienone is 4. The lowest BCUT2D eigenvalue weighted by Gasteiger charge is -2.04. The van der Waals surface area contributed by atoms with Crippen molar-refractivity contribution in [1.29, 1.82) is 0 Å². The van der Waals surface area contributed by atoms with E-state index < -0.39 is 0 Å². The first-order valence-corrected chi connectivity index (χ1v) is 5.36. The van der Waals surface area contributed by atoms with Gasteiger partial charge in [-0.3, -0.25) is 0 Å². The molecular weight excluding hydrogens is 198 g/mol. The Hall–Kier alpha value is -1.96. The second-order valence-corrected chi connectivity index (χ2v) is 3.53. The van der Waals surface area contributed by atoms with Gasteiger partial charge in [0.2, 0.25) is 0 Å². The standard InChI is InChI=1S/C14H15NO/c1-15-12-6-5-9-14(11-10-12)16-13-7-3-2-4-8-13/h2-5,7-11,15H,6H2,1H3.